The molecule has 0 aliphatic carbocycles. The molecule has 0 amide bonds. The van der Waals surface area contributed by atoms with E-state index >= 15 is 0 Å². The van der Waals surface area contributed by atoms with Crippen molar-refractivity contribution < 1.29 is 8.42 Å². The van der Waals surface area contributed by atoms with E-state index in [0.29, 0.717) is 10.3 Å². The van der Waals surface area contributed by atoms with Crippen LogP contribution in [0.3, 0.4) is 0 Å². The van der Waals surface area contributed by atoms with Crippen LogP contribution < -0.4 is 4.72 Å². The zero-order chi connectivity index (χ0) is 15.7. The molecule has 0 saturated carbocycles. The van der Waals surface area contributed by atoms with Crippen LogP contribution in [0.2, 0.25) is 0 Å². The molecule has 5 nitrogen and oxygen atoms in total. The fraction of sp³-hybridized carbons (Fsp3) is 0.438. The van der Waals surface area contributed by atoms with Crippen LogP contribution in [0.5, 0.6) is 0 Å². The van der Waals surface area contributed by atoms with Crippen LogP contribution in [0, 0.1) is 6.92 Å². The molecular formula is C16H21N3O2S. The highest BCUT2D eigenvalue weighted by atomic mass is 32.2. The average Bonchev–Trinajstić information content (AvgIpc) is 2.50. The first-order valence-electron chi connectivity index (χ1n) is 7.52. The maximum Gasteiger partial charge on any atom is 0.241 e. The summed E-state index contributed by atoms with van der Waals surface area (Å²) in [7, 11) is -1.47. The second kappa shape index (κ2) is 5.95. The molecule has 1 N–H and O–H groups in total. The van der Waals surface area contributed by atoms with Gasteiger partial charge in [0.25, 0.3) is 0 Å². The molecule has 2 heterocycles. The Labute approximate surface area is 131 Å². The first-order chi connectivity index (χ1) is 10.5. The Balaban J connectivity index is 1.94. The highest BCUT2D eigenvalue weighted by molar-refractivity contribution is 7.89. The number of aryl methyl sites for hydroxylation is 1. The van der Waals surface area contributed by atoms with Gasteiger partial charge in [0.15, 0.2) is 0 Å². The molecule has 0 unspecified atom stereocenters. The molecule has 1 aromatic heterocycles. The van der Waals surface area contributed by atoms with Crippen molar-refractivity contribution in [3.8, 4) is 0 Å². The van der Waals surface area contributed by atoms with Crippen LogP contribution in [0.4, 0.5) is 0 Å². The second-order valence-electron chi connectivity index (χ2n) is 5.98. The Hall–Kier alpha value is -1.50. The van der Waals surface area contributed by atoms with E-state index in [4.69, 9.17) is 0 Å². The molecule has 0 bridgehead atoms. The lowest BCUT2D eigenvalue weighted by Gasteiger charge is -2.29. The number of rotatable bonds is 3. The third kappa shape index (κ3) is 2.99. The van der Waals surface area contributed by atoms with Crippen molar-refractivity contribution in [2.45, 2.75) is 30.7 Å². The van der Waals surface area contributed by atoms with E-state index in [9.17, 15) is 8.42 Å². The summed E-state index contributed by atoms with van der Waals surface area (Å²) in [6, 6.07) is 7.10. The Kier molecular flexibility index (Phi) is 4.16. The van der Waals surface area contributed by atoms with E-state index in [0.717, 1.165) is 37.0 Å². The normalized spacial score (nSPS) is 17.9. The van der Waals surface area contributed by atoms with Crippen LogP contribution in [-0.4, -0.2) is 44.5 Å². The van der Waals surface area contributed by atoms with E-state index in [1.54, 1.807) is 18.3 Å². The molecule has 3 rings (SSSR count). The summed E-state index contributed by atoms with van der Waals surface area (Å²) >= 11 is 0. The molecule has 0 atom stereocenters. The Bertz CT molecular complexity index is 781. The molecule has 0 radical (unpaired) electrons. The summed E-state index contributed by atoms with van der Waals surface area (Å²) < 4.78 is 28.4. The number of hydrogen-bond donors (Lipinski definition) is 1. The van der Waals surface area contributed by atoms with Crippen molar-refractivity contribution in [1.82, 2.24) is 14.6 Å². The second-order valence-corrected chi connectivity index (χ2v) is 7.66. The molecule has 22 heavy (non-hydrogen) atoms. The molecule has 0 spiro atoms. The average molecular weight is 319 g/mol. The van der Waals surface area contributed by atoms with Gasteiger partial charge < -0.3 is 4.90 Å². The zero-order valence-corrected chi connectivity index (χ0v) is 13.7. The third-order valence-corrected chi connectivity index (χ3v) is 5.84. The van der Waals surface area contributed by atoms with E-state index in [-0.39, 0.29) is 6.04 Å². The molecule has 1 saturated heterocycles. The minimum atomic E-state index is -3.53. The predicted molar refractivity (Wildman–Crippen MR) is 87.3 cm³/mol. The van der Waals surface area contributed by atoms with Crippen LogP contribution in [0.1, 0.15) is 18.4 Å². The van der Waals surface area contributed by atoms with Gasteiger partial charge in [0.05, 0.1) is 10.4 Å². The summed E-state index contributed by atoms with van der Waals surface area (Å²) in [5.41, 5.74) is 1.72. The smallest absolute Gasteiger partial charge is 0.241 e. The minimum Gasteiger partial charge on any atom is -0.306 e. The summed E-state index contributed by atoms with van der Waals surface area (Å²) in [5, 5.41) is 0.683. The molecule has 2 aromatic rings. The monoisotopic (exact) mass is 319 g/mol. The number of piperidine rings is 1. The van der Waals surface area contributed by atoms with Gasteiger partial charge >= 0.3 is 0 Å². The lowest BCUT2D eigenvalue weighted by Crippen LogP contribution is -2.43. The Morgan fingerprint density at radius 2 is 1.95 bits per heavy atom. The van der Waals surface area contributed by atoms with Gasteiger partial charge in [-0.2, -0.15) is 0 Å². The molecule has 1 aliphatic heterocycles. The molecule has 1 fully saturated rings. The topological polar surface area (TPSA) is 62.3 Å². The van der Waals surface area contributed by atoms with Gasteiger partial charge in [0, 0.05) is 17.6 Å². The SMILES string of the molecule is Cc1ccc(S(=O)(=O)NC2CCN(C)CC2)c2cccnc12. The summed E-state index contributed by atoms with van der Waals surface area (Å²) in [6.07, 6.45) is 3.38. The van der Waals surface area contributed by atoms with Gasteiger partial charge in [-0.25, -0.2) is 13.1 Å². The minimum absolute atomic E-state index is 0.00854. The van der Waals surface area contributed by atoms with Crippen LogP contribution >= 0.6 is 0 Å². The number of fused-ring (bicyclic) bond motifs is 1. The third-order valence-electron chi connectivity index (χ3n) is 4.26. The Morgan fingerprint density at radius 3 is 2.68 bits per heavy atom. The molecule has 1 aliphatic rings. The van der Waals surface area contributed by atoms with Crippen molar-refractivity contribution in [3.63, 3.8) is 0 Å². The van der Waals surface area contributed by atoms with Gasteiger partial charge in [0.2, 0.25) is 10.0 Å². The first kappa shape index (κ1) is 15.4. The number of sulfonamides is 1. The number of pyridine rings is 1. The predicted octanol–water partition coefficient (Wildman–Crippen LogP) is 1.92. The largest absolute Gasteiger partial charge is 0.306 e. The van der Waals surface area contributed by atoms with E-state index in [2.05, 4.69) is 21.7 Å². The quantitative estimate of drug-likeness (QED) is 0.939. The van der Waals surface area contributed by atoms with Crippen molar-refractivity contribution in [3.05, 3.63) is 36.0 Å². The fourth-order valence-corrected chi connectivity index (χ4v) is 4.43. The Morgan fingerprint density at radius 1 is 1.23 bits per heavy atom. The summed E-state index contributed by atoms with van der Waals surface area (Å²) in [5.74, 6) is 0. The number of nitrogens with one attached hydrogen (secondary N) is 1. The maximum absolute atomic E-state index is 12.8. The molecule has 6 heteroatoms. The summed E-state index contributed by atoms with van der Waals surface area (Å²) in [6.45, 7) is 3.78. The standard InChI is InChI=1S/C16H21N3O2S/c1-12-5-6-15(14-4-3-9-17-16(12)14)22(20,21)18-13-7-10-19(2)11-8-13/h3-6,9,13,18H,7-8,10-11H2,1-2H3. The number of aromatic nitrogens is 1. The van der Waals surface area contributed by atoms with Gasteiger partial charge in [-0.3, -0.25) is 4.98 Å². The fourth-order valence-electron chi connectivity index (χ4n) is 2.93. The van der Waals surface area contributed by atoms with Crippen molar-refractivity contribution in [1.29, 1.82) is 0 Å². The number of nitrogens with zero attached hydrogens (tertiary/aromatic N) is 2. The molecule has 1 aromatic carbocycles. The maximum atomic E-state index is 12.8. The highest BCUT2D eigenvalue weighted by Crippen LogP contribution is 2.25. The van der Waals surface area contributed by atoms with Crippen molar-refractivity contribution in [2.24, 2.45) is 0 Å². The number of hydrogen-bond acceptors (Lipinski definition) is 4. The van der Waals surface area contributed by atoms with Gasteiger partial charge in [0.1, 0.15) is 0 Å². The zero-order valence-electron chi connectivity index (χ0n) is 12.9. The van der Waals surface area contributed by atoms with E-state index in [1.165, 1.54) is 0 Å². The summed E-state index contributed by atoms with van der Waals surface area (Å²) in [4.78, 5) is 6.85. The number of likely N-dealkylation sites (tertiary alicyclic amines) is 1. The van der Waals surface area contributed by atoms with Crippen LogP contribution in [0.25, 0.3) is 10.9 Å². The number of benzene rings is 1. The lowest BCUT2D eigenvalue weighted by molar-refractivity contribution is 0.248. The van der Waals surface area contributed by atoms with Crippen molar-refractivity contribution >= 4 is 20.9 Å². The van der Waals surface area contributed by atoms with Crippen molar-refractivity contribution in [2.75, 3.05) is 20.1 Å². The highest BCUT2D eigenvalue weighted by Gasteiger charge is 2.25. The molecular weight excluding hydrogens is 298 g/mol. The van der Waals surface area contributed by atoms with E-state index < -0.39 is 10.0 Å². The van der Waals surface area contributed by atoms with Gasteiger partial charge in [-0.1, -0.05) is 6.07 Å². The lowest BCUT2D eigenvalue weighted by atomic mass is 10.1. The van der Waals surface area contributed by atoms with E-state index in [1.807, 2.05) is 19.1 Å². The molecule has 118 valence electrons. The first-order valence-corrected chi connectivity index (χ1v) is 9.01. The van der Waals surface area contributed by atoms with Gasteiger partial charge in [-0.15, -0.1) is 0 Å². The van der Waals surface area contributed by atoms with Gasteiger partial charge in [-0.05, 0) is 63.7 Å². The van der Waals surface area contributed by atoms with Crippen LogP contribution in [0.15, 0.2) is 35.4 Å². The van der Waals surface area contributed by atoms with Crippen LogP contribution in [-0.2, 0) is 10.0 Å².